The van der Waals surface area contributed by atoms with Crippen molar-refractivity contribution in [1.82, 2.24) is 10.6 Å². The van der Waals surface area contributed by atoms with Gasteiger partial charge in [-0.15, -0.1) is 0 Å². The number of amides is 2. The molecule has 3 rings (SSSR count). The Morgan fingerprint density at radius 3 is 2.21 bits per heavy atom. The van der Waals surface area contributed by atoms with E-state index < -0.39 is 18.6 Å². The average molecular weight is 396 g/mol. The SMILES string of the molecule is CC(CCC(=O)NCC(=O)O)NC(=O)OCC1c2ccccc2-c2ccccc21. The highest BCUT2D eigenvalue weighted by molar-refractivity contribution is 5.81. The molecule has 0 radical (unpaired) electrons. The van der Waals surface area contributed by atoms with E-state index >= 15 is 0 Å². The number of nitrogens with one attached hydrogen (secondary N) is 2. The van der Waals surface area contributed by atoms with Gasteiger partial charge in [0.25, 0.3) is 0 Å². The van der Waals surface area contributed by atoms with Gasteiger partial charge in [0, 0.05) is 18.4 Å². The molecular formula is C22H24N2O5. The maximum Gasteiger partial charge on any atom is 0.407 e. The first-order chi connectivity index (χ1) is 14.0. The number of rotatable bonds is 8. The van der Waals surface area contributed by atoms with Crippen LogP contribution in [0.4, 0.5) is 4.79 Å². The van der Waals surface area contributed by atoms with Gasteiger partial charge in [-0.05, 0) is 35.6 Å². The van der Waals surface area contributed by atoms with Gasteiger partial charge >= 0.3 is 12.1 Å². The molecule has 1 unspecified atom stereocenters. The first-order valence-corrected chi connectivity index (χ1v) is 9.55. The van der Waals surface area contributed by atoms with E-state index in [2.05, 4.69) is 34.9 Å². The third-order valence-corrected chi connectivity index (χ3v) is 4.95. The van der Waals surface area contributed by atoms with Crippen LogP contribution in [0.1, 0.15) is 36.8 Å². The number of benzene rings is 2. The molecule has 2 amide bonds. The normalized spacial score (nSPS) is 13.1. The van der Waals surface area contributed by atoms with Gasteiger partial charge in [0.05, 0.1) is 0 Å². The van der Waals surface area contributed by atoms with Crippen LogP contribution < -0.4 is 10.6 Å². The zero-order valence-electron chi connectivity index (χ0n) is 16.2. The van der Waals surface area contributed by atoms with Gasteiger partial charge in [-0.1, -0.05) is 48.5 Å². The van der Waals surface area contributed by atoms with Gasteiger partial charge in [-0.25, -0.2) is 4.79 Å². The van der Waals surface area contributed by atoms with Crippen LogP contribution in [0, 0.1) is 0 Å². The Hall–Kier alpha value is -3.35. The number of alkyl carbamates (subject to hydrolysis) is 1. The lowest BCUT2D eigenvalue weighted by Crippen LogP contribution is -2.35. The second kappa shape index (κ2) is 9.23. The molecule has 0 bridgehead atoms. The van der Waals surface area contributed by atoms with Crippen molar-refractivity contribution in [3.63, 3.8) is 0 Å². The fourth-order valence-electron chi connectivity index (χ4n) is 3.52. The van der Waals surface area contributed by atoms with Crippen LogP contribution in [0.5, 0.6) is 0 Å². The zero-order valence-corrected chi connectivity index (χ0v) is 16.2. The summed E-state index contributed by atoms with van der Waals surface area (Å²) in [5.74, 6) is -1.47. The lowest BCUT2D eigenvalue weighted by molar-refractivity contribution is -0.137. The smallest absolute Gasteiger partial charge is 0.407 e. The van der Waals surface area contributed by atoms with Gasteiger partial charge in [0.15, 0.2) is 0 Å². The Morgan fingerprint density at radius 1 is 1.03 bits per heavy atom. The van der Waals surface area contributed by atoms with Crippen molar-refractivity contribution >= 4 is 18.0 Å². The molecule has 0 saturated carbocycles. The first kappa shape index (κ1) is 20.4. The number of aliphatic carboxylic acids is 1. The van der Waals surface area contributed by atoms with E-state index in [4.69, 9.17) is 9.84 Å². The van der Waals surface area contributed by atoms with Gasteiger partial charge in [0.1, 0.15) is 13.2 Å². The molecule has 0 saturated heterocycles. The third-order valence-electron chi connectivity index (χ3n) is 4.95. The highest BCUT2D eigenvalue weighted by Gasteiger charge is 2.29. The van der Waals surface area contributed by atoms with Gasteiger partial charge in [0.2, 0.25) is 5.91 Å². The largest absolute Gasteiger partial charge is 0.480 e. The maximum atomic E-state index is 12.2. The van der Waals surface area contributed by atoms with Crippen molar-refractivity contribution in [2.45, 2.75) is 31.7 Å². The average Bonchev–Trinajstić information content (AvgIpc) is 3.03. The van der Waals surface area contributed by atoms with E-state index in [9.17, 15) is 14.4 Å². The molecule has 1 aliphatic rings. The highest BCUT2D eigenvalue weighted by atomic mass is 16.5. The highest BCUT2D eigenvalue weighted by Crippen LogP contribution is 2.44. The Labute approximate surface area is 169 Å². The summed E-state index contributed by atoms with van der Waals surface area (Å²) in [6.45, 7) is 1.59. The van der Waals surface area contributed by atoms with Crippen molar-refractivity contribution in [1.29, 1.82) is 0 Å². The number of carboxylic acid groups (broad SMARTS) is 1. The van der Waals surface area contributed by atoms with Gasteiger partial charge in [-0.2, -0.15) is 0 Å². The molecule has 7 heteroatoms. The molecule has 152 valence electrons. The second-order valence-corrected chi connectivity index (χ2v) is 7.08. The number of hydrogen-bond donors (Lipinski definition) is 3. The quantitative estimate of drug-likeness (QED) is 0.636. The van der Waals surface area contributed by atoms with E-state index in [1.54, 1.807) is 6.92 Å². The van der Waals surface area contributed by atoms with Crippen LogP contribution in [0.25, 0.3) is 11.1 Å². The van der Waals surface area contributed by atoms with Crippen LogP contribution in [0.3, 0.4) is 0 Å². The number of carbonyl (C=O) groups is 3. The molecule has 0 fully saturated rings. The second-order valence-electron chi connectivity index (χ2n) is 7.08. The molecule has 1 atom stereocenters. The standard InChI is InChI=1S/C22H24N2O5/c1-14(10-11-20(25)23-12-21(26)27)24-22(28)29-13-19-17-8-4-2-6-15(17)16-7-3-5-9-18(16)19/h2-9,14,19H,10-13H2,1H3,(H,23,25)(H,24,28)(H,26,27). The number of carboxylic acids is 1. The van der Waals surface area contributed by atoms with Crippen molar-refractivity contribution in [2.75, 3.05) is 13.2 Å². The molecule has 2 aromatic carbocycles. The topological polar surface area (TPSA) is 105 Å². The van der Waals surface area contributed by atoms with Crippen LogP contribution in [-0.4, -0.2) is 42.3 Å². The van der Waals surface area contributed by atoms with E-state index in [1.807, 2.05) is 24.3 Å². The van der Waals surface area contributed by atoms with Crippen LogP contribution in [0.2, 0.25) is 0 Å². The summed E-state index contributed by atoms with van der Waals surface area (Å²) >= 11 is 0. The van der Waals surface area contributed by atoms with Crippen LogP contribution >= 0.6 is 0 Å². The summed E-state index contributed by atoms with van der Waals surface area (Å²) < 4.78 is 5.47. The minimum atomic E-state index is -1.09. The number of hydrogen-bond acceptors (Lipinski definition) is 4. The Morgan fingerprint density at radius 2 is 1.62 bits per heavy atom. The minimum absolute atomic E-state index is 0.00903. The fourth-order valence-corrected chi connectivity index (χ4v) is 3.52. The number of ether oxygens (including phenoxy) is 1. The van der Waals surface area contributed by atoms with E-state index in [0.29, 0.717) is 6.42 Å². The van der Waals surface area contributed by atoms with E-state index in [0.717, 1.165) is 22.3 Å². The first-order valence-electron chi connectivity index (χ1n) is 9.55. The van der Waals surface area contributed by atoms with Crippen molar-refractivity contribution in [3.8, 4) is 11.1 Å². The fraction of sp³-hybridized carbons (Fsp3) is 0.318. The molecule has 0 spiro atoms. The molecule has 0 aromatic heterocycles. The number of carbonyl (C=O) groups excluding carboxylic acids is 2. The Kier molecular flexibility index (Phi) is 6.49. The Bertz CT molecular complexity index is 866. The molecule has 0 heterocycles. The lowest BCUT2D eigenvalue weighted by Gasteiger charge is -2.17. The Balaban J connectivity index is 1.50. The summed E-state index contributed by atoms with van der Waals surface area (Å²) in [5.41, 5.74) is 4.62. The van der Waals surface area contributed by atoms with Crippen molar-refractivity contribution in [3.05, 3.63) is 59.7 Å². The maximum absolute atomic E-state index is 12.2. The molecule has 7 nitrogen and oxygen atoms in total. The molecular weight excluding hydrogens is 372 g/mol. The lowest BCUT2D eigenvalue weighted by atomic mass is 9.98. The molecule has 1 aliphatic carbocycles. The summed E-state index contributed by atoms with van der Waals surface area (Å²) in [6.07, 6.45) is -0.0291. The number of fused-ring (bicyclic) bond motifs is 3. The summed E-state index contributed by atoms with van der Waals surface area (Å²) in [7, 11) is 0. The molecule has 3 N–H and O–H groups in total. The zero-order chi connectivity index (χ0) is 20.8. The van der Waals surface area contributed by atoms with Crippen LogP contribution in [-0.2, 0) is 14.3 Å². The predicted octanol–water partition coefficient (Wildman–Crippen LogP) is 2.89. The van der Waals surface area contributed by atoms with Crippen LogP contribution in [0.15, 0.2) is 48.5 Å². The molecule has 0 aliphatic heterocycles. The monoisotopic (exact) mass is 396 g/mol. The molecule has 2 aromatic rings. The van der Waals surface area contributed by atoms with E-state index in [-0.39, 0.29) is 30.9 Å². The van der Waals surface area contributed by atoms with Crippen molar-refractivity contribution in [2.24, 2.45) is 0 Å². The summed E-state index contributed by atoms with van der Waals surface area (Å²) in [6, 6.07) is 15.9. The predicted molar refractivity (Wildman–Crippen MR) is 108 cm³/mol. The van der Waals surface area contributed by atoms with Crippen molar-refractivity contribution < 1.29 is 24.2 Å². The van der Waals surface area contributed by atoms with Gasteiger partial charge < -0.3 is 20.5 Å². The van der Waals surface area contributed by atoms with E-state index in [1.165, 1.54) is 0 Å². The summed E-state index contributed by atoms with van der Waals surface area (Å²) in [5, 5.41) is 13.5. The minimum Gasteiger partial charge on any atom is -0.480 e. The third kappa shape index (κ3) is 5.13. The molecule has 29 heavy (non-hydrogen) atoms. The summed E-state index contributed by atoms with van der Waals surface area (Å²) in [4.78, 5) is 34.2. The van der Waals surface area contributed by atoms with Gasteiger partial charge in [-0.3, -0.25) is 9.59 Å².